The summed E-state index contributed by atoms with van der Waals surface area (Å²) >= 11 is 0. The van der Waals surface area contributed by atoms with E-state index in [0.29, 0.717) is 6.42 Å². The Kier molecular flexibility index (Phi) is 3.69. The minimum atomic E-state index is 0.255. The van der Waals surface area contributed by atoms with Gasteiger partial charge < -0.3 is 0 Å². The van der Waals surface area contributed by atoms with Gasteiger partial charge in [-0.2, -0.15) is 0 Å². The van der Waals surface area contributed by atoms with Gasteiger partial charge in [0.1, 0.15) is 0 Å². The number of carbonyl (C=O) groups is 1. The summed E-state index contributed by atoms with van der Waals surface area (Å²) in [7, 11) is 0. The third-order valence-electron chi connectivity index (χ3n) is 2.16. The van der Waals surface area contributed by atoms with Crippen LogP contribution in [0, 0.1) is 0 Å². The molecule has 1 aromatic carbocycles. The number of aryl methyl sites for hydroxylation is 1. The smallest absolute Gasteiger partial charge is 0.162 e. The van der Waals surface area contributed by atoms with Gasteiger partial charge in [0.15, 0.2) is 5.78 Å². The van der Waals surface area contributed by atoms with Gasteiger partial charge >= 0.3 is 0 Å². The molecule has 0 heterocycles. The molecule has 0 fully saturated rings. The number of rotatable bonds is 4. The molecule has 0 aliphatic heterocycles. The van der Waals surface area contributed by atoms with E-state index in [1.165, 1.54) is 5.56 Å². The first-order valence-electron chi connectivity index (χ1n) is 4.90. The zero-order valence-electron chi connectivity index (χ0n) is 8.34. The van der Waals surface area contributed by atoms with E-state index in [0.717, 1.165) is 18.4 Å². The predicted molar refractivity (Wildman–Crippen MR) is 55.1 cm³/mol. The molecule has 0 spiro atoms. The van der Waals surface area contributed by atoms with Crippen LogP contribution in [0.1, 0.15) is 42.6 Å². The molecular formula is C12H16O. The van der Waals surface area contributed by atoms with Crippen LogP contribution >= 0.6 is 0 Å². The van der Waals surface area contributed by atoms with Gasteiger partial charge in [-0.3, -0.25) is 4.79 Å². The quantitative estimate of drug-likeness (QED) is 0.644. The van der Waals surface area contributed by atoms with E-state index < -0.39 is 0 Å². The van der Waals surface area contributed by atoms with E-state index in [9.17, 15) is 4.79 Å². The van der Waals surface area contributed by atoms with Crippen LogP contribution in [0.25, 0.3) is 0 Å². The largest absolute Gasteiger partial charge is 0.294 e. The predicted octanol–water partition coefficient (Wildman–Crippen LogP) is 3.23. The Balaban J connectivity index is 2.74. The number of carbonyl (C=O) groups excluding carboxylic acids is 1. The second-order valence-electron chi connectivity index (χ2n) is 3.22. The third kappa shape index (κ3) is 2.69. The molecule has 1 aromatic rings. The van der Waals surface area contributed by atoms with E-state index in [2.05, 4.69) is 6.92 Å². The standard InChI is InChI=1S/C12H16O/c1-3-5-12(13)11-8-6-10(4-2)7-9-11/h6-9H,3-5H2,1-2H3. The zero-order chi connectivity index (χ0) is 9.68. The zero-order valence-corrected chi connectivity index (χ0v) is 8.34. The van der Waals surface area contributed by atoms with Crippen molar-refractivity contribution in [2.75, 3.05) is 0 Å². The molecule has 1 heteroatoms. The van der Waals surface area contributed by atoms with Crippen LogP contribution in [0.15, 0.2) is 24.3 Å². The molecule has 1 nitrogen and oxygen atoms in total. The number of Topliss-reactive ketones (excluding diaryl/α,β-unsaturated/α-hetero) is 1. The first-order valence-corrected chi connectivity index (χ1v) is 4.90. The molecule has 0 atom stereocenters. The lowest BCUT2D eigenvalue weighted by Gasteiger charge is -2.00. The fourth-order valence-corrected chi connectivity index (χ4v) is 1.30. The summed E-state index contributed by atoms with van der Waals surface area (Å²) in [5.74, 6) is 0.255. The van der Waals surface area contributed by atoms with Crippen molar-refractivity contribution in [3.63, 3.8) is 0 Å². The van der Waals surface area contributed by atoms with Gasteiger partial charge in [0.25, 0.3) is 0 Å². The molecular weight excluding hydrogens is 160 g/mol. The summed E-state index contributed by atoms with van der Waals surface area (Å²) in [6.07, 6.45) is 2.61. The SMILES string of the molecule is CCCC(=O)c1ccc(CC)cc1. The average Bonchev–Trinajstić information content (AvgIpc) is 2.18. The van der Waals surface area contributed by atoms with Crippen molar-refractivity contribution >= 4 is 5.78 Å². The van der Waals surface area contributed by atoms with Gasteiger partial charge in [0.2, 0.25) is 0 Å². The lowest BCUT2D eigenvalue weighted by Crippen LogP contribution is -1.97. The van der Waals surface area contributed by atoms with E-state index >= 15 is 0 Å². The van der Waals surface area contributed by atoms with Crippen LogP contribution in [0.3, 0.4) is 0 Å². The van der Waals surface area contributed by atoms with E-state index in [1.807, 2.05) is 31.2 Å². The Hall–Kier alpha value is -1.11. The second-order valence-corrected chi connectivity index (χ2v) is 3.22. The Morgan fingerprint density at radius 2 is 1.77 bits per heavy atom. The van der Waals surface area contributed by atoms with Gasteiger partial charge in [-0.1, -0.05) is 38.1 Å². The summed E-state index contributed by atoms with van der Waals surface area (Å²) in [4.78, 5) is 11.4. The second kappa shape index (κ2) is 4.80. The van der Waals surface area contributed by atoms with E-state index in [-0.39, 0.29) is 5.78 Å². The molecule has 0 amide bonds. The molecule has 0 bridgehead atoms. The Labute approximate surface area is 79.8 Å². The van der Waals surface area contributed by atoms with Crippen LogP contribution in [-0.4, -0.2) is 5.78 Å². The molecule has 0 saturated carbocycles. The van der Waals surface area contributed by atoms with Crippen LogP contribution in [0.5, 0.6) is 0 Å². The Morgan fingerprint density at radius 3 is 2.23 bits per heavy atom. The molecule has 0 unspecified atom stereocenters. The van der Waals surface area contributed by atoms with Crippen molar-refractivity contribution in [1.82, 2.24) is 0 Å². The van der Waals surface area contributed by atoms with Crippen molar-refractivity contribution in [2.45, 2.75) is 33.1 Å². The fourth-order valence-electron chi connectivity index (χ4n) is 1.30. The maximum atomic E-state index is 11.4. The minimum absolute atomic E-state index is 0.255. The normalized spacial score (nSPS) is 10.0. The number of ketones is 1. The van der Waals surface area contributed by atoms with E-state index in [4.69, 9.17) is 0 Å². The van der Waals surface area contributed by atoms with Crippen LogP contribution in [-0.2, 0) is 6.42 Å². The van der Waals surface area contributed by atoms with Crippen molar-refractivity contribution in [3.8, 4) is 0 Å². The maximum absolute atomic E-state index is 11.4. The minimum Gasteiger partial charge on any atom is -0.294 e. The molecule has 0 saturated heterocycles. The summed E-state index contributed by atoms with van der Waals surface area (Å²) in [5, 5.41) is 0. The Bertz CT molecular complexity index is 272. The van der Waals surface area contributed by atoms with Crippen molar-refractivity contribution in [1.29, 1.82) is 0 Å². The molecule has 0 radical (unpaired) electrons. The maximum Gasteiger partial charge on any atom is 0.162 e. The third-order valence-corrected chi connectivity index (χ3v) is 2.16. The average molecular weight is 176 g/mol. The van der Waals surface area contributed by atoms with E-state index in [1.54, 1.807) is 0 Å². The van der Waals surface area contributed by atoms with Gasteiger partial charge in [0, 0.05) is 12.0 Å². The monoisotopic (exact) mass is 176 g/mol. The molecule has 1 rings (SSSR count). The fraction of sp³-hybridized carbons (Fsp3) is 0.417. The van der Waals surface area contributed by atoms with Gasteiger partial charge in [-0.15, -0.1) is 0 Å². The Morgan fingerprint density at radius 1 is 1.15 bits per heavy atom. The highest BCUT2D eigenvalue weighted by atomic mass is 16.1. The number of hydrogen-bond donors (Lipinski definition) is 0. The van der Waals surface area contributed by atoms with Gasteiger partial charge in [0.05, 0.1) is 0 Å². The molecule has 0 N–H and O–H groups in total. The van der Waals surface area contributed by atoms with Crippen molar-refractivity contribution in [3.05, 3.63) is 35.4 Å². The lowest BCUT2D eigenvalue weighted by molar-refractivity contribution is 0.0982. The summed E-state index contributed by atoms with van der Waals surface area (Å²) in [6, 6.07) is 7.92. The van der Waals surface area contributed by atoms with Gasteiger partial charge in [-0.05, 0) is 18.4 Å². The van der Waals surface area contributed by atoms with Crippen molar-refractivity contribution in [2.24, 2.45) is 0 Å². The molecule has 70 valence electrons. The molecule has 13 heavy (non-hydrogen) atoms. The molecule has 0 aromatic heterocycles. The molecule has 0 aliphatic carbocycles. The number of benzene rings is 1. The number of hydrogen-bond acceptors (Lipinski definition) is 1. The van der Waals surface area contributed by atoms with Crippen LogP contribution in [0.2, 0.25) is 0 Å². The highest BCUT2D eigenvalue weighted by molar-refractivity contribution is 5.95. The highest BCUT2D eigenvalue weighted by Gasteiger charge is 2.02. The lowest BCUT2D eigenvalue weighted by atomic mass is 10.0. The topological polar surface area (TPSA) is 17.1 Å². The van der Waals surface area contributed by atoms with Gasteiger partial charge in [-0.25, -0.2) is 0 Å². The summed E-state index contributed by atoms with van der Waals surface area (Å²) < 4.78 is 0. The highest BCUT2D eigenvalue weighted by Crippen LogP contribution is 2.08. The van der Waals surface area contributed by atoms with Crippen LogP contribution < -0.4 is 0 Å². The molecule has 0 aliphatic rings. The first-order chi connectivity index (χ1) is 6.27. The first kappa shape index (κ1) is 9.97. The summed E-state index contributed by atoms with van der Waals surface area (Å²) in [5.41, 5.74) is 2.13. The van der Waals surface area contributed by atoms with Crippen molar-refractivity contribution < 1.29 is 4.79 Å². The van der Waals surface area contributed by atoms with Crippen LogP contribution in [0.4, 0.5) is 0 Å². The summed E-state index contributed by atoms with van der Waals surface area (Å²) in [6.45, 7) is 4.14.